The fraction of sp³-hybridized carbons (Fsp3) is 0.0833. The van der Waals surface area contributed by atoms with Crippen molar-refractivity contribution in [2.24, 2.45) is 0 Å². The standard InChI is InChI=1S/C24H17ClO6/c1-28-17-6-2-15(3-7-17)23-13-21(26)20-12-19(10-11-22(20)31-23)30-24(27)14-29-18-8-4-16(25)5-9-18/h2-13H,14H2,1H3. The Balaban J connectivity index is 1.49. The van der Waals surface area contributed by atoms with Crippen molar-refractivity contribution in [2.75, 3.05) is 13.7 Å². The summed E-state index contributed by atoms with van der Waals surface area (Å²) in [6.45, 7) is -0.287. The van der Waals surface area contributed by atoms with Crippen molar-refractivity contribution < 1.29 is 23.4 Å². The minimum atomic E-state index is -0.603. The predicted octanol–water partition coefficient (Wildman–Crippen LogP) is 5.11. The van der Waals surface area contributed by atoms with Crippen LogP contribution >= 0.6 is 11.6 Å². The van der Waals surface area contributed by atoms with Gasteiger partial charge < -0.3 is 18.6 Å². The van der Waals surface area contributed by atoms with Crippen LogP contribution in [0.5, 0.6) is 17.2 Å². The number of carbonyl (C=O) groups is 1. The zero-order chi connectivity index (χ0) is 21.8. The summed E-state index contributed by atoms with van der Waals surface area (Å²) in [7, 11) is 1.58. The molecular weight excluding hydrogens is 420 g/mol. The van der Waals surface area contributed by atoms with Crippen LogP contribution in [0.25, 0.3) is 22.3 Å². The lowest BCUT2D eigenvalue weighted by molar-refractivity contribution is -0.136. The number of fused-ring (bicyclic) bond motifs is 1. The quantitative estimate of drug-likeness (QED) is 0.309. The largest absolute Gasteiger partial charge is 0.497 e. The number of esters is 1. The molecule has 4 aromatic rings. The van der Waals surface area contributed by atoms with Crippen LogP contribution < -0.4 is 19.6 Å². The summed E-state index contributed by atoms with van der Waals surface area (Å²) in [5.74, 6) is 1.25. The number of hydrogen-bond acceptors (Lipinski definition) is 6. The molecule has 0 unspecified atom stereocenters. The van der Waals surface area contributed by atoms with Crippen LogP contribution in [0.15, 0.2) is 82.0 Å². The van der Waals surface area contributed by atoms with E-state index >= 15 is 0 Å². The van der Waals surface area contributed by atoms with Crippen molar-refractivity contribution in [1.82, 2.24) is 0 Å². The molecule has 0 amide bonds. The zero-order valence-corrected chi connectivity index (χ0v) is 17.2. The first-order valence-corrected chi connectivity index (χ1v) is 9.71. The van der Waals surface area contributed by atoms with E-state index in [0.717, 1.165) is 5.56 Å². The SMILES string of the molecule is COc1ccc(-c2cc(=O)c3cc(OC(=O)COc4ccc(Cl)cc4)ccc3o2)cc1. The minimum absolute atomic E-state index is 0.224. The van der Waals surface area contributed by atoms with Crippen LogP contribution in [0.3, 0.4) is 0 Å². The molecule has 0 fully saturated rings. The maximum Gasteiger partial charge on any atom is 0.349 e. The number of benzene rings is 3. The monoisotopic (exact) mass is 436 g/mol. The third-order valence-corrected chi connectivity index (χ3v) is 4.73. The second-order valence-corrected chi connectivity index (χ2v) is 7.01. The van der Waals surface area contributed by atoms with Crippen LogP contribution in [0.1, 0.15) is 0 Å². The summed E-state index contributed by atoms with van der Waals surface area (Å²) < 4.78 is 21.6. The van der Waals surface area contributed by atoms with Crippen molar-refractivity contribution in [2.45, 2.75) is 0 Å². The smallest absolute Gasteiger partial charge is 0.349 e. The summed E-state index contributed by atoms with van der Waals surface area (Å²) in [4.78, 5) is 24.7. The van der Waals surface area contributed by atoms with E-state index in [1.165, 1.54) is 12.1 Å². The van der Waals surface area contributed by atoms with E-state index in [9.17, 15) is 9.59 Å². The second-order valence-electron chi connectivity index (χ2n) is 6.58. The van der Waals surface area contributed by atoms with Crippen molar-refractivity contribution in [3.05, 3.63) is 88.0 Å². The number of ether oxygens (including phenoxy) is 3. The average Bonchev–Trinajstić information content (AvgIpc) is 2.79. The Hall–Kier alpha value is -3.77. The molecule has 6 nitrogen and oxygen atoms in total. The molecule has 4 rings (SSSR count). The second kappa shape index (κ2) is 8.93. The van der Waals surface area contributed by atoms with E-state index in [-0.39, 0.29) is 17.8 Å². The molecule has 0 atom stereocenters. The van der Waals surface area contributed by atoms with Crippen molar-refractivity contribution in [3.8, 4) is 28.6 Å². The molecule has 7 heteroatoms. The Morgan fingerprint density at radius 2 is 1.58 bits per heavy atom. The Bertz CT molecular complexity index is 1280. The Kier molecular flexibility index (Phi) is 5.91. The van der Waals surface area contributed by atoms with Crippen molar-refractivity contribution >= 4 is 28.5 Å². The maximum atomic E-state index is 12.6. The fourth-order valence-corrected chi connectivity index (χ4v) is 3.06. The highest BCUT2D eigenvalue weighted by molar-refractivity contribution is 6.30. The molecular formula is C24H17ClO6. The molecule has 0 saturated heterocycles. The number of hydrogen-bond donors (Lipinski definition) is 0. The van der Waals surface area contributed by atoms with Gasteiger partial charge >= 0.3 is 5.97 Å². The van der Waals surface area contributed by atoms with E-state index in [1.807, 2.05) is 0 Å². The topological polar surface area (TPSA) is 75.0 Å². The minimum Gasteiger partial charge on any atom is -0.497 e. The Morgan fingerprint density at radius 3 is 2.29 bits per heavy atom. The highest BCUT2D eigenvalue weighted by atomic mass is 35.5. The van der Waals surface area contributed by atoms with E-state index < -0.39 is 5.97 Å². The van der Waals surface area contributed by atoms with Crippen LogP contribution in [0.4, 0.5) is 0 Å². The summed E-state index contributed by atoms with van der Waals surface area (Å²) in [5, 5.41) is 0.876. The fourth-order valence-electron chi connectivity index (χ4n) is 2.93. The summed E-state index contributed by atoms with van der Waals surface area (Å²) >= 11 is 5.81. The first kappa shape index (κ1) is 20.5. The summed E-state index contributed by atoms with van der Waals surface area (Å²) in [5.41, 5.74) is 0.882. The molecule has 0 bridgehead atoms. The normalized spacial score (nSPS) is 10.6. The molecule has 0 aliphatic rings. The van der Waals surface area contributed by atoms with Gasteiger partial charge in [0.25, 0.3) is 0 Å². The van der Waals surface area contributed by atoms with Gasteiger partial charge in [0.15, 0.2) is 12.0 Å². The van der Waals surface area contributed by atoms with Crippen LogP contribution in [0, 0.1) is 0 Å². The number of carbonyl (C=O) groups excluding carboxylic acids is 1. The summed E-state index contributed by atoms with van der Waals surface area (Å²) in [6, 6.07) is 19.8. The first-order valence-electron chi connectivity index (χ1n) is 9.33. The lowest BCUT2D eigenvalue weighted by atomic mass is 10.1. The van der Waals surface area contributed by atoms with Gasteiger partial charge in [-0.15, -0.1) is 0 Å². The van der Waals surface area contributed by atoms with Gasteiger partial charge in [-0.25, -0.2) is 4.79 Å². The molecule has 1 heterocycles. The third-order valence-electron chi connectivity index (χ3n) is 4.48. The van der Waals surface area contributed by atoms with Gasteiger partial charge in [-0.05, 0) is 66.7 Å². The molecule has 31 heavy (non-hydrogen) atoms. The van der Waals surface area contributed by atoms with E-state index in [0.29, 0.717) is 33.3 Å². The Labute approximate surface area is 182 Å². The molecule has 0 aliphatic heterocycles. The highest BCUT2D eigenvalue weighted by Crippen LogP contribution is 2.26. The molecule has 3 aromatic carbocycles. The van der Waals surface area contributed by atoms with E-state index in [4.69, 9.17) is 30.2 Å². The van der Waals surface area contributed by atoms with Gasteiger partial charge in [0, 0.05) is 16.7 Å². The van der Waals surface area contributed by atoms with Crippen LogP contribution in [-0.4, -0.2) is 19.7 Å². The van der Waals surface area contributed by atoms with Gasteiger partial charge in [-0.3, -0.25) is 4.79 Å². The third kappa shape index (κ3) is 4.87. The molecule has 1 aromatic heterocycles. The van der Waals surface area contributed by atoms with Crippen LogP contribution in [0.2, 0.25) is 5.02 Å². The van der Waals surface area contributed by atoms with Crippen molar-refractivity contribution in [1.29, 1.82) is 0 Å². The molecule has 0 spiro atoms. The Morgan fingerprint density at radius 1 is 0.903 bits per heavy atom. The zero-order valence-electron chi connectivity index (χ0n) is 16.5. The average molecular weight is 437 g/mol. The number of halogens is 1. The first-order chi connectivity index (χ1) is 15.0. The van der Waals surface area contributed by atoms with Gasteiger partial charge in [-0.2, -0.15) is 0 Å². The van der Waals surface area contributed by atoms with Crippen LogP contribution in [-0.2, 0) is 4.79 Å². The van der Waals surface area contributed by atoms with Gasteiger partial charge in [0.1, 0.15) is 28.6 Å². The number of rotatable bonds is 6. The molecule has 0 aliphatic carbocycles. The lowest BCUT2D eigenvalue weighted by Gasteiger charge is -2.08. The van der Waals surface area contributed by atoms with Gasteiger partial charge in [-0.1, -0.05) is 11.6 Å². The number of methoxy groups -OCH3 is 1. The molecule has 156 valence electrons. The lowest BCUT2D eigenvalue weighted by Crippen LogP contribution is -2.17. The van der Waals surface area contributed by atoms with E-state index in [1.54, 1.807) is 67.8 Å². The predicted molar refractivity (Wildman–Crippen MR) is 117 cm³/mol. The maximum absolute atomic E-state index is 12.6. The highest BCUT2D eigenvalue weighted by Gasteiger charge is 2.11. The van der Waals surface area contributed by atoms with Crippen molar-refractivity contribution in [3.63, 3.8) is 0 Å². The van der Waals surface area contributed by atoms with Gasteiger partial charge in [0.2, 0.25) is 0 Å². The molecule has 0 N–H and O–H groups in total. The molecule has 0 saturated carbocycles. The van der Waals surface area contributed by atoms with Gasteiger partial charge in [0.05, 0.1) is 12.5 Å². The summed E-state index contributed by atoms with van der Waals surface area (Å²) in [6.07, 6.45) is 0. The van der Waals surface area contributed by atoms with E-state index in [2.05, 4.69) is 0 Å². The molecule has 0 radical (unpaired) electrons.